The van der Waals surface area contributed by atoms with Crippen LogP contribution >= 0.6 is 0 Å². The largest absolute Gasteiger partial charge is 0.478 e. The summed E-state index contributed by atoms with van der Waals surface area (Å²) in [5.41, 5.74) is 2.30. The maximum Gasteiger partial charge on any atom is 0.335 e. The SMILES string of the molecule is CCCNC(=O)CN1CCCc2cc(C(=O)O)ccc21. The van der Waals surface area contributed by atoms with E-state index >= 15 is 0 Å². The van der Waals surface area contributed by atoms with Crippen molar-refractivity contribution in [2.75, 3.05) is 24.5 Å². The highest BCUT2D eigenvalue weighted by Gasteiger charge is 2.20. The third-order valence-electron chi connectivity index (χ3n) is 3.45. The predicted molar refractivity (Wildman–Crippen MR) is 77.2 cm³/mol. The van der Waals surface area contributed by atoms with Gasteiger partial charge in [0.15, 0.2) is 0 Å². The minimum atomic E-state index is -0.911. The van der Waals surface area contributed by atoms with Gasteiger partial charge in [-0.05, 0) is 43.0 Å². The van der Waals surface area contributed by atoms with Crippen molar-refractivity contribution in [2.45, 2.75) is 26.2 Å². The summed E-state index contributed by atoms with van der Waals surface area (Å²) >= 11 is 0. The minimum absolute atomic E-state index is 0.0158. The van der Waals surface area contributed by atoms with Crippen LogP contribution in [0.15, 0.2) is 18.2 Å². The number of hydrogen-bond acceptors (Lipinski definition) is 3. The van der Waals surface area contributed by atoms with E-state index in [4.69, 9.17) is 5.11 Å². The molecule has 0 bridgehead atoms. The maximum atomic E-state index is 11.8. The standard InChI is InChI=1S/C15H20N2O3/c1-2-7-16-14(18)10-17-8-3-4-11-9-12(15(19)20)5-6-13(11)17/h5-6,9H,2-4,7-8,10H2,1H3,(H,16,18)(H,19,20). The Labute approximate surface area is 118 Å². The van der Waals surface area contributed by atoms with Crippen LogP contribution in [0.5, 0.6) is 0 Å². The Morgan fingerprint density at radius 2 is 2.20 bits per heavy atom. The second kappa shape index (κ2) is 6.41. The van der Waals surface area contributed by atoms with Gasteiger partial charge in [-0.25, -0.2) is 4.79 Å². The van der Waals surface area contributed by atoms with Gasteiger partial charge in [0, 0.05) is 18.8 Å². The van der Waals surface area contributed by atoms with Gasteiger partial charge >= 0.3 is 5.97 Å². The quantitative estimate of drug-likeness (QED) is 0.858. The number of fused-ring (bicyclic) bond motifs is 1. The van der Waals surface area contributed by atoms with Gasteiger partial charge in [0.05, 0.1) is 12.1 Å². The fourth-order valence-electron chi connectivity index (χ4n) is 2.47. The van der Waals surface area contributed by atoms with E-state index in [0.717, 1.165) is 37.1 Å². The van der Waals surface area contributed by atoms with Gasteiger partial charge in [-0.1, -0.05) is 6.92 Å². The molecule has 0 saturated heterocycles. The van der Waals surface area contributed by atoms with E-state index in [2.05, 4.69) is 5.32 Å². The Kier molecular flexibility index (Phi) is 4.61. The summed E-state index contributed by atoms with van der Waals surface area (Å²) in [5.74, 6) is -0.896. The molecule has 1 aliphatic rings. The molecule has 2 N–H and O–H groups in total. The number of anilines is 1. The molecule has 0 unspecified atom stereocenters. The molecule has 1 aliphatic heterocycles. The van der Waals surface area contributed by atoms with E-state index in [1.807, 2.05) is 17.9 Å². The molecule has 0 spiro atoms. The fraction of sp³-hybridized carbons (Fsp3) is 0.467. The van der Waals surface area contributed by atoms with Gasteiger partial charge in [-0.2, -0.15) is 0 Å². The first-order valence-electron chi connectivity index (χ1n) is 6.99. The van der Waals surface area contributed by atoms with E-state index in [-0.39, 0.29) is 5.91 Å². The van der Waals surface area contributed by atoms with Crippen LogP contribution in [0.25, 0.3) is 0 Å². The van der Waals surface area contributed by atoms with Gasteiger partial charge < -0.3 is 15.3 Å². The lowest BCUT2D eigenvalue weighted by molar-refractivity contribution is -0.119. The lowest BCUT2D eigenvalue weighted by Gasteiger charge is -2.31. The minimum Gasteiger partial charge on any atom is -0.478 e. The van der Waals surface area contributed by atoms with E-state index in [1.165, 1.54) is 0 Å². The number of aryl methyl sites for hydroxylation is 1. The average Bonchev–Trinajstić information content (AvgIpc) is 2.44. The number of carboxylic acid groups (broad SMARTS) is 1. The van der Waals surface area contributed by atoms with Crippen molar-refractivity contribution in [3.63, 3.8) is 0 Å². The van der Waals surface area contributed by atoms with Crippen LogP contribution in [0, 0.1) is 0 Å². The highest BCUT2D eigenvalue weighted by Crippen LogP contribution is 2.27. The molecule has 5 heteroatoms. The normalized spacial score (nSPS) is 13.8. The Morgan fingerprint density at radius 3 is 2.90 bits per heavy atom. The predicted octanol–water partition coefficient (Wildman–Crippen LogP) is 1.66. The van der Waals surface area contributed by atoms with Crippen LogP contribution in [0.2, 0.25) is 0 Å². The second-order valence-electron chi connectivity index (χ2n) is 5.02. The molecule has 20 heavy (non-hydrogen) atoms. The zero-order chi connectivity index (χ0) is 14.5. The molecule has 108 valence electrons. The Balaban J connectivity index is 2.12. The molecule has 0 atom stereocenters. The molecule has 5 nitrogen and oxygen atoms in total. The summed E-state index contributed by atoms with van der Waals surface area (Å²) < 4.78 is 0. The van der Waals surface area contributed by atoms with Crippen molar-refractivity contribution in [1.82, 2.24) is 5.32 Å². The van der Waals surface area contributed by atoms with E-state index in [0.29, 0.717) is 18.7 Å². The van der Waals surface area contributed by atoms with Crippen molar-refractivity contribution < 1.29 is 14.7 Å². The molecule has 1 amide bonds. The van der Waals surface area contributed by atoms with Crippen LogP contribution in [0.1, 0.15) is 35.7 Å². The Bertz CT molecular complexity index is 514. The molecule has 0 radical (unpaired) electrons. The summed E-state index contributed by atoms with van der Waals surface area (Å²) in [4.78, 5) is 24.8. The van der Waals surface area contributed by atoms with E-state index in [1.54, 1.807) is 12.1 Å². The van der Waals surface area contributed by atoms with Crippen molar-refractivity contribution >= 4 is 17.6 Å². The van der Waals surface area contributed by atoms with Crippen LogP contribution in [-0.2, 0) is 11.2 Å². The van der Waals surface area contributed by atoms with E-state index in [9.17, 15) is 9.59 Å². The summed E-state index contributed by atoms with van der Waals surface area (Å²) in [6, 6.07) is 5.13. The number of carbonyl (C=O) groups is 2. The summed E-state index contributed by atoms with van der Waals surface area (Å²) in [5, 5.41) is 11.9. The number of aromatic carboxylic acids is 1. The van der Waals surface area contributed by atoms with Gasteiger partial charge in [-0.3, -0.25) is 4.79 Å². The number of amides is 1. The zero-order valence-corrected chi connectivity index (χ0v) is 11.7. The first kappa shape index (κ1) is 14.4. The maximum absolute atomic E-state index is 11.8. The second-order valence-corrected chi connectivity index (χ2v) is 5.02. The van der Waals surface area contributed by atoms with Crippen molar-refractivity contribution in [2.24, 2.45) is 0 Å². The van der Waals surface area contributed by atoms with Crippen LogP contribution in [0.4, 0.5) is 5.69 Å². The first-order valence-corrected chi connectivity index (χ1v) is 6.99. The highest BCUT2D eigenvalue weighted by molar-refractivity contribution is 5.89. The number of nitrogens with one attached hydrogen (secondary N) is 1. The molecule has 2 rings (SSSR count). The lowest BCUT2D eigenvalue weighted by atomic mass is 9.99. The van der Waals surface area contributed by atoms with Crippen molar-refractivity contribution in [3.05, 3.63) is 29.3 Å². The average molecular weight is 276 g/mol. The third kappa shape index (κ3) is 3.29. The van der Waals surface area contributed by atoms with Gasteiger partial charge in [0.25, 0.3) is 0 Å². The fourth-order valence-corrected chi connectivity index (χ4v) is 2.47. The molecule has 0 aromatic heterocycles. The highest BCUT2D eigenvalue weighted by atomic mass is 16.4. The molecule has 1 aromatic carbocycles. The van der Waals surface area contributed by atoms with Crippen LogP contribution in [0.3, 0.4) is 0 Å². The topological polar surface area (TPSA) is 69.6 Å². The number of carbonyl (C=O) groups excluding carboxylic acids is 1. The molecular weight excluding hydrogens is 256 g/mol. The lowest BCUT2D eigenvalue weighted by Crippen LogP contribution is -2.40. The molecule has 0 aliphatic carbocycles. The first-order chi connectivity index (χ1) is 9.61. The van der Waals surface area contributed by atoms with E-state index < -0.39 is 5.97 Å². The molecular formula is C15H20N2O3. The van der Waals surface area contributed by atoms with Crippen LogP contribution < -0.4 is 10.2 Å². The third-order valence-corrected chi connectivity index (χ3v) is 3.45. The molecule has 0 saturated carbocycles. The number of nitrogens with zero attached hydrogens (tertiary/aromatic N) is 1. The van der Waals surface area contributed by atoms with Gasteiger partial charge in [-0.15, -0.1) is 0 Å². The zero-order valence-electron chi connectivity index (χ0n) is 11.7. The monoisotopic (exact) mass is 276 g/mol. The van der Waals surface area contributed by atoms with Crippen molar-refractivity contribution in [1.29, 1.82) is 0 Å². The smallest absolute Gasteiger partial charge is 0.335 e. The van der Waals surface area contributed by atoms with Gasteiger partial charge in [0.2, 0.25) is 5.91 Å². The molecule has 1 heterocycles. The number of carboxylic acids is 1. The molecule has 1 aromatic rings. The van der Waals surface area contributed by atoms with Gasteiger partial charge in [0.1, 0.15) is 0 Å². The van der Waals surface area contributed by atoms with Crippen molar-refractivity contribution in [3.8, 4) is 0 Å². The summed E-state index contributed by atoms with van der Waals surface area (Å²) in [6.07, 6.45) is 2.73. The number of hydrogen-bond donors (Lipinski definition) is 2. The molecule has 0 fully saturated rings. The van der Waals surface area contributed by atoms with Crippen LogP contribution in [-0.4, -0.2) is 36.6 Å². The number of benzene rings is 1. The summed E-state index contributed by atoms with van der Waals surface area (Å²) in [6.45, 7) is 3.87. The Hall–Kier alpha value is -2.04. The number of rotatable bonds is 5. The Morgan fingerprint density at radius 1 is 1.40 bits per heavy atom. The summed E-state index contributed by atoms with van der Waals surface area (Å²) in [7, 11) is 0.